The molecule has 0 bridgehead atoms. The number of likely N-dealkylation sites (N-methyl/N-ethyl adjacent to an activating group) is 1. The van der Waals surface area contributed by atoms with Gasteiger partial charge in [0.25, 0.3) is 5.91 Å². The number of hydrogen-bond donors (Lipinski definition) is 1. The maximum Gasteiger partial charge on any atom is 0.410 e. The van der Waals surface area contributed by atoms with Crippen molar-refractivity contribution in [2.75, 3.05) is 20.7 Å². The van der Waals surface area contributed by atoms with Crippen LogP contribution in [-0.4, -0.2) is 134 Å². The van der Waals surface area contributed by atoms with Gasteiger partial charge in [0.15, 0.2) is 17.7 Å². The lowest BCUT2D eigenvalue weighted by atomic mass is 9.73. The minimum absolute atomic E-state index is 0.0589. The van der Waals surface area contributed by atoms with Crippen molar-refractivity contribution >= 4 is 29.5 Å². The van der Waals surface area contributed by atoms with E-state index in [1.807, 2.05) is 35.9 Å². The minimum atomic E-state index is -1.44. The number of nitrogens with zero attached hydrogens (tertiary/aromatic N) is 5. The van der Waals surface area contributed by atoms with Gasteiger partial charge in [-0.05, 0) is 84.1 Å². The molecule has 3 saturated heterocycles. The number of carbonyl (C=O) groups is 5. The molecule has 5 heterocycles. The van der Waals surface area contributed by atoms with Crippen LogP contribution in [0.5, 0.6) is 0 Å². The number of hydrogen-bond acceptors (Lipinski definition) is 13. The molecule has 1 N–H and O–H groups in total. The summed E-state index contributed by atoms with van der Waals surface area (Å²) < 4.78 is 33.4. The van der Waals surface area contributed by atoms with E-state index in [-0.39, 0.29) is 31.1 Å². The van der Waals surface area contributed by atoms with Crippen LogP contribution < -0.4 is 0 Å². The molecule has 0 saturated carbocycles. The molecule has 0 radical (unpaired) electrons. The average molecular weight is 902 g/mol. The molecule has 1 unspecified atom stereocenters. The van der Waals surface area contributed by atoms with Gasteiger partial charge in [-0.1, -0.05) is 45.9 Å². The Morgan fingerprint density at radius 2 is 1.68 bits per heavy atom. The number of ketones is 2. The first-order chi connectivity index (χ1) is 30.8. The van der Waals surface area contributed by atoms with Crippen LogP contribution in [-0.2, 0) is 44.6 Å². The van der Waals surface area contributed by atoms with Crippen molar-refractivity contribution in [2.45, 2.75) is 148 Å². The Labute approximate surface area is 382 Å². The van der Waals surface area contributed by atoms with Crippen LogP contribution in [0.2, 0.25) is 0 Å². The summed E-state index contributed by atoms with van der Waals surface area (Å²) in [6.45, 7) is 14.6. The summed E-state index contributed by atoms with van der Waals surface area (Å²) in [7, 11) is 3.08. The summed E-state index contributed by atoms with van der Waals surface area (Å²) in [4.78, 5) is 82.7. The molecule has 2 aromatic heterocycles. The normalized spacial score (nSPS) is 33.8. The van der Waals surface area contributed by atoms with E-state index >= 15 is 0 Å². The molecule has 3 aromatic rings. The molecule has 3 aliphatic rings. The monoisotopic (exact) mass is 901 g/mol. The molecular formula is C49H67N5O11. The highest BCUT2D eigenvalue weighted by molar-refractivity contribution is 6.00. The number of amides is 2. The maximum absolute atomic E-state index is 14.9. The Hall–Kier alpha value is -5.03. The fourth-order valence-electron chi connectivity index (χ4n) is 10.2. The lowest BCUT2D eigenvalue weighted by Gasteiger charge is -2.47. The first-order valence-corrected chi connectivity index (χ1v) is 22.9. The fraction of sp³-hybridized carbons (Fsp3) is 0.612. The molecule has 354 valence electrons. The standard InChI is InChI=1S/C49H67N5O11/c1-11-38-49(8)42(54(47(60)65-49)23-16-15-22-53-27-36(51-28-53)35-20-17-21-50-26-35)31(4)39(55)29(2)25-48(7,61-10)43(32(5)40(56)33(6)45(59)63-38)64-46-41(57)37(24-30(3)62-46)52(9)44(58)34-18-13-12-14-19-34/h12-14,17-21,26-33,37-38,41-43,46,57H,11,15-16,22-25H2,1-10H3/t29-,30-,31+,32+,33-,37?,38-,41-,42-,43-,46+,48-,49-/m1/s1. The zero-order valence-corrected chi connectivity index (χ0v) is 39.4. The summed E-state index contributed by atoms with van der Waals surface area (Å²) in [6.07, 6.45) is 3.11. The highest BCUT2D eigenvalue weighted by Gasteiger charge is 2.60. The molecule has 2 amide bonds. The van der Waals surface area contributed by atoms with Crippen LogP contribution >= 0.6 is 0 Å². The molecule has 65 heavy (non-hydrogen) atoms. The van der Waals surface area contributed by atoms with Crippen LogP contribution in [0.4, 0.5) is 4.79 Å². The van der Waals surface area contributed by atoms with E-state index in [4.69, 9.17) is 23.7 Å². The fourth-order valence-corrected chi connectivity index (χ4v) is 10.2. The second kappa shape index (κ2) is 20.6. The number of aliphatic hydroxyl groups excluding tert-OH is 1. The van der Waals surface area contributed by atoms with Crippen LogP contribution in [0.15, 0.2) is 67.4 Å². The van der Waals surface area contributed by atoms with Gasteiger partial charge in [-0.15, -0.1) is 0 Å². The van der Waals surface area contributed by atoms with Crippen LogP contribution in [0.1, 0.15) is 97.9 Å². The number of aliphatic hydroxyl groups is 1. The molecule has 3 aliphatic heterocycles. The van der Waals surface area contributed by atoms with E-state index < -0.39 is 95.5 Å². The first-order valence-electron chi connectivity index (χ1n) is 22.9. The van der Waals surface area contributed by atoms with Crippen molar-refractivity contribution in [3.8, 4) is 11.3 Å². The number of unbranched alkanes of at least 4 members (excludes halogenated alkanes) is 1. The third-order valence-corrected chi connectivity index (χ3v) is 14.0. The largest absolute Gasteiger partial charge is 0.458 e. The smallest absolute Gasteiger partial charge is 0.410 e. The van der Waals surface area contributed by atoms with Crippen molar-refractivity contribution < 1.29 is 52.8 Å². The number of fused-ring (bicyclic) bond motifs is 1. The highest BCUT2D eigenvalue weighted by Crippen LogP contribution is 2.43. The quantitative estimate of drug-likeness (QED) is 0.124. The summed E-state index contributed by atoms with van der Waals surface area (Å²) in [5.74, 6) is -5.67. The number of pyridine rings is 1. The number of rotatable bonds is 12. The van der Waals surface area contributed by atoms with Crippen molar-refractivity contribution in [3.05, 3.63) is 72.9 Å². The topological polar surface area (TPSA) is 189 Å². The number of imidazole rings is 1. The van der Waals surface area contributed by atoms with Crippen LogP contribution in [0, 0.1) is 23.7 Å². The molecule has 0 spiro atoms. The minimum Gasteiger partial charge on any atom is -0.458 e. The van der Waals surface area contributed by atoms with Crippen LogP contribution in [0.25, 0.3) is 11.3 Å². The molecule has 16 nitrogen and oxygen atoms in total. The number of esters is 1. The molecule has 1 aromatic carbocycles. The van der Waals surface area contributed by atoms with Gasteiger partial charge in [-0.3, -0.25) is 24.2 Å². The van der Waals surface area contributed by atoms with Crippen molar-refractivity contribution in [1.82, 2.24) is 24.3 Å². The van der Waals surface area contributed by atoms with Crippen LogP contribution in [0.3, 0.4) is 0 Å². The van der Waals surface area contributed by atoms with E-state index in [0.717, 1.165) is 11.3 Å². The Morgan fingerprint density at radius 3 is 2.34 bits per heavy atom. The van der Waals surface area contributed by atoms with Gasteiger partial charge in [-0.25, -0.2) is 9.78 Å². The van der Waals surface area contributed by atoms with Crippen molar-refractivity contribution in [2.24, 2.45) is 23.7 Å². The third-order valence-electron chi connectivity index (χ3n) is 14.0. The number of aromatic nitrogens is 3. The summed E-state index contributed by atoms with van der Waals surface area (Å²) in [5.41, 5.74) is -0.653. The number of cyclic esters (lactones) is 1. The van der Waals surface area contributed by atoms with Crippen molar-refractivity contribution in [3.63, 3.8) is 0 Å². The van der Waals surface area contributed by atoms with E-state index in [2.05, 4.69) is 9.97 Å². The second-order valence-electron chi connectivity index (χ2n) is 18.6. The number of carbonyl (C=O) groups excluding carboxylic acids is 5. The molecule has 3 fully saturated rings. The zero-order chi connectivity index (χ0) is 47.4. The van der Waals surface area contributed by atoms with Gasteiger partial charge in [-0.2, -0.15) is 0 Å². The van der Waals surface area contributed by atoms with Gasteiger partial charge < -0.3 is 43.2 Å². The number of methoxy groups -OCH3 is 1. The summed E-state index contributed by atoms with van der Waals surface area (Å²) >= 11 is 0. The third kappa shape index (κ3) is 10.4. The molecule has 6 rings (SSSR count). The van der Waals surface area contributed by atoms with E-state index in [1.54, 1.807) is 96.5 Å². The predicted octanol–water partition coefficient (Wildman–Crippen LogP) is 6.14. The van der Waals surface area contributed by atoms with E-state index in [1.165, 1.54) is 18.9 Å². The number of Topliss-reactive ketones (excluding diaryl/α,β-unsaturated/α-hetero) is 2. The van der Waals surface area contributed by atoms with Gasteiger partial charge >= 0.3 is 12.1 Å². The highest BCUT2D eigenvalue weighted by atomic mass is 16.7. The van der Waals surface area contributed by atoms with Gasteiger partial charge in [0.05, 0.1) is 41.9 Å². The van der Waals surface area contributed by atoms with Crippen molar-refractivity contribution in [1.29, 1.82) is 0 Å². The summed E-state index contributed by atoms with van der Waals surface area (Å²) in [6, 6.07) is 11.0. The second-order valence-corrected chi connectivity index (χ2v) is 18.6. The number of benzene rings is 1. The van der Waals surface area contributed by atoms with Gasteiger partial charge in [0.1, 0.15) is 23.9 Å². The average Bonchev–Trinajstić information content (AvgIpc) is 3.89. The van der Waals surface area contributed by atoms with E-state index in [9.17, 15) is 29.1 Å². The Kier molecular flexibility index (Phi) is 15.7. The maximum atomic E-state index is 14.9. The molecule has 16 heteroatoms. The Morgan fingerprint density at radius 1 is 0.969 bits per heavy atom. The first kappa shape index (κ1) is 49.4. The Balaban J connectivity index is 1.27. The van der Waals surface area contributed by atoms with Gasteiger partial charge in [0, 0.05) is 74.7 Å². The Bertz CT molecular complexity index is 2140. The number of aryl methyl sites for hydroxylation is 1. The lowest BCUT2D eigenvalue weighted by molar-refractivity contribution is -0.294. The lowest BCUT2D eigenvalue weighted by Crippen LogP contribution is -2.61. The molecule has 13 atom stereocenters. The summed E-state index contributed by atoms with van der Waals surface area (Å²) in [5, 5.41) is 11.9. The number of ether oxygens (including phenoxy) is 5. The van der Waals surface area contributed by atoms with E-state index in [0.29, 0.717) is 31.4 Å². The zero-order valence-electron chi connectivity index (χ0n) is 39.4. The molecule has 0 aliphatic carbocycles. The van der Waals surface area contributed by atoms with Gasteiger partial charge in [0.2, 0.25) is 0 Å². The SMILES string of the molecule is CC[C@H]1OC(=O)[C@H](C)C(=O)[C@H](C)[C@@H](O[C@@H]2O[C@H](C)CC(N(C)C(=O)c3ccccc3)[C@H]2O)[C@](C)(OC)C[C@@H](C)C(=O)[C@H](C)[C@H]2N(CCCCn3cnc(-c4cccnc4)c3)C(=O)O[C@]12C. The predicted molar refractivity (Wildman–Crippen MR) is 239 cm³/mol. The molecular weight excluding hydrogens is 835 g/mol.